The van der Waals surface area contributed by atoms with Crippen molar-refractivity contribution in [1.82, 2.24) is 4.98 Å². The van der Waals surface area contributed by atoms with Crippen molar-refractivity contribution >= 4 is 33.3 Å². The predicted molar refractivity (Wildman–Crippen MR) is 67.4 cm³/mol. The minimum absolute atomic E-state index is 0.0123. The van der Waals surface area contributed by atoms with Gasteiger partial charge in [0.25, 0.3) is 0 Å². The Morgan fingerprint density at radius 2 is 2.05 bits per heavy atom. The smallest absolute Gasteiger partial charge is 0.399 e. The zero-order valence-electron chi connectivity index (χ0n) is 9.85. The maximum absolute atomic E-state index is 10.9. The lowest BCUT2D eigenvalue weighted by Gasteiger charge is -1.91. The fraction of sp³-hybridized carbons (Fsp3) is 0.111. The molecule has 1 amide bonds. The maximum atomic E-state index is 10.9. The fourth-order valence-electron chi connectivity index (χ4n) is 1.35. The first kappa shape index (κ1) is 13.6. The van der Waals surface area contributed by atoms with Crippen LogP contribution in [-0.4, -0.2) is 20.7 Å². The Hall–Kier alpha value is -2.82. The lowest BCUT2D eigenvalue weighted by molar-refractivity contribution is -0.401. The standard InChI is InChI=1S/C9H6N4O6S/c1-4(14)10-9-11-7(8(20-9)13(17)18)5-2-3-6(19-5)12(15)16/h2-3H,1H3,(H,10,11,14). The van der Waals surface area contributed by atoms with E-state index < -0.39 is 21.6 Å². The second kappa shape index (κ2) is 5.05. The molecule has 0 saturated heterocycles. The number of amides is 1. The second-order valence-electron chi connectivity index (χ2n) is 3.51. The third-order valence-corrected chi connectivity index (χ3v) is 2.99. The summed E-state index contributed by atoms with van der Waals surface area (Å²) >= 11 is 0.636. The van der Waals surface area contributed by atoms with Gasteiger partial charge in [-0.15, -0.1) is 0 Å². The molecule has 0 radical (unpaired) electrons. The first-order valence-corrected chi connectivity index (χ1v) is 5.87. The molecular weight excluding hydrogens is 292 g/mol. The highest BCUT2D eigenvalue weighted by Gasteiger charge is 2.27. The van der Waals surface area contributed by atoms with Crippen molar-refractivity contribution in [2.45, 2.75) is 6.92 Å². The van der Waals surface area contributed by atoms with E-state index in [0.717, 1.165) is 6.07 Å². The third-order valence-electron chi connectivity index (χ3n) is 2.06. The summed E-state index contributed by atoms with van der Waals surface area (Å²) in [6.45, 7) is 1.23. The van der Waals surface area contributed by atoms with Crippen molar-refractivity contribution < 1.29 is 19.1 Å². The van der Waals surface area contributed by atoms with Crippen molar-refractivity contribution in [1.29, 1.82) is 0 Å². The molecule has 1 N–H and O–H groups in total. The number of furan rings is 1. The van der Waals surface area contributed by atoms with Gasteiger partial charge in [0.05, 0.1) is 11.0 Å². The van der Waals surface area contributed by atoms with Gasteiger partial charge in [0.2, 0.25) is 5.91 Å². The molecule has 0 saturated carbocycles. The number of rotatable bonds is 4. The first-order chi connectivity index (χ1) is 9.38. The Bertz CT molecular complexity index is 705. The molecule has 2 heterocycles. The number of nitrogens with one attached hydrogen (secondary N) is 1. The van der Waals surface area contributed by atoms with E-state index in [2.05, 4.69) is 10.3 Å². The van der Waals surface area contributed by atoms with Crippen LogP contribution in [0.2, 0.25) is 0 Å². The molecule has 0 fully saturated rings. The number of carbonyl (C=O) groups excluding carboxylic acids is 1. The van der Waals surface area contributed by atoms with Crippen LogP contribution in [0.5, 0.6) is 0 Å². The van der Waals surface area contributed by atoms with E-state index in [9.17, 15) is 25.0 Å². The largest absolute Gasteiger partial charge is 0.433 e. The van der Waals surface area contributed by atoms with Gasteiger partial charge in [-0.3, -0.25) is 25.0 Å². The molecule has 0 aliphatic carbocycles. The van der Waals surface area contributed by atoms with E-state index in [0.29, 0.717) is 11.3 Å². The molecule has 2 aromatic rings. The van der Waals surface area contributed by atoms with Gasteiger partial charge in [-0.05, 0) is 17.4 Å². The third kappa shape index (κ3) is 2.61. The lowest BCUT2D eigenvalue weighted by Crippen LogP contribution is -2.04. The van der Waals surface area contributed by atoms with Crippen molar-refractivity contribution in [3.63, 3.8) is 0 Å². The van der Waals surface area contributed by atoms with Gasteiger partial charge in [-0.25, -0.2) is 4.98 Å². The van der Waals surface area contributed by atoms with Crippen molar-refractivity contribution in [3.05, 3.63) is 32.4 Å². The Labute approximate surface area is 114 Å². The Morgan fingerprint density at radius 3 is 2.55 bits per heavy atom. The predicted octanol–water partition coefficient (Wildman–Crippen LogP) is 2.18. The average molecular weight is 298 g/mol. The monoisotopic (exact) mass is 298 g/mol. The summed E-state index contributed by atoms with van der Waals surface area (Å²) in [6, 6.07) is 2.27. The molecule has 11 heteroatoms. The molecule has 0 aliphatic heterocycles. The van der Waals surface area contributed by atoms with Crippen LogP contribution in [0.15, 0.2) is 16.5 Å². The highest BCUT2D eigenvalue weighted by atomic mass is 32.1. The van der Waals surface area contributed by atoms with Crippen LogP contribution in [0.25, 0.3) is 11.5 Å². The molecule has 0 aromatic carbocycles. The Kier molecular flexibility index (Phi) is 3.43. The molecule has 2 rings (SSSR count). The summed E-state index contributed by atoms with van der Waals surface area (Å²) in [7, 11) is 0. The Balaban J connectivity index is 2.47. The zero-order chi connectivity index (χ0) is 14.9. The number of anilines is 1. The quantitative estimate of drug-likeness (QED) is 0.673. The van der Waals surface area contributed by atoms with E-state index in [1.807, 2.05) is 0 Å². The van der Waals surface area contributed by atoms with Gasteiger partial charge in [-0.1, -0.05) is 0 Å². The lowest BCUT2D eigenvalue weighted by atomic mass is 10.3. The maximum Gasteiger partial charge on any atom is 0.433 e. The molecule has 0 bridgehead atoms. The van der Waals surface area contributed by atoms with Crippen LogP contribution in [0.4, 0.5) is 16.0 Å². The molecule has 10 nitrogen and oxygen atoms in total. The SMILES string of the molecule is CC(=O)Nc1nc(-c2ccc([N+](=O)[O-])o2)c([N+](=O)[O-])s1. The highest BCUT2D eigenvalue weighted by molar-refractivity contribution is 7.19. The molecular formula is C9H6N4O6S. The number of hydrogen-bond donors (Lipinski definition) is 1. The Morgan fingerprint density at radius 1 is 1.35 bits per heavy atom. The van der Waals surface area contributed by atoms with Gasteiger partial charge >= 0.3 is 10.9 Å². The molecule has 20 heavy (non-hydrogen) atoms. The number of carbonyl (C=O) groups is 1. The van der Waals surface area contributed by atoms with E-state index in [4.69, 9.17) is 4.42 Å². The summed E-state index contributed by atoms with van der Waals surface area (Å²) in [6.07, 6.45) is 0. The number of nitrogens with zero attached hydrogens (tertiary/aromatic N) is 3. The zero-order valence-corrected chi connectivity index (χ0v) is 10.7. The fourth-order valence-corrected chi connectivity index (χ4v) is 2.19. The van der Waals surface area contributed by atoms with Gasteiger partial charge < -0.3 is 9.73 Å². The normalized spacial score (nSPS) is 10.2. The summed E-state index contributed by atoms with van der Waals surface area (Å²) < 4.78 is 4.87. The molecule has 0 aliphatic rings. The number of thiazole rings is 1. The summed E-state index contributed by atoms with van der Waals surface area (Å²) in [5.41, 5.74) is -0.170. The topological polar surface area (TPSA) is 141 Å². The van der Waals surface area contributed by atoms with Crippen LogP contribution < -0.4 is 5.32 Å². The minimum atomic E-state index is -0.767. The van der Waals surface area contributed by atoms with Crippen LogP contribution in [0.1, 0.15) is 6.92 Å². The first-order valence-electron chi connectivity index (χ1n) is 5.06. The van der Waals surface area contributed by atoms with Gasteiger partial charge in [0, 0.05) is 6.92 Å². The van der Waals surface area contributed by atoms with Crippen molar-refractivity contribution in [2.24, 2.45) is 0 Å². The molecule has 0 unspecified atom stereocenters. The van der Waals surface area contributed by atoms with Gasteiger partial charge in [0.15, 0.2) is 16.6 Å². The van der Waals surface area contributed by atoms with Gasteiger partial charge in [-0.2, -0.15) is 0 Å². The van der Waals surface area contributed by atoms with E-state index in [-0.39, 0.29) is 21.6 Å². The van der Waals surface area contributed by atoms with E-state index in [1.165, 1.54) is 13.0 Å². The molecule has 0 atom stereocenters. The average Bonchev–Trinajstić information content (AvgIpc) is 2.93. The second-order valence-corrected chi connectivity index (χ2v) is 4.48. The number of hydrogen-bond acceptors (Lipinski definition) is 8. The van der Waals surface area contributed by atoms with Crippen molar-refractivity contribution in [2.75, 3.05) is 5.32 Å². The molecule has 104 valence electrons. The summed E-state index contributed by atoms with van der Waals surface area (Å²) in [5.74, 6) is -1.11. The van der Waals surface area contributed by atoms with Crippen LogP contribution in [-0.2, 0) is 4.79 Å². The number of aromatic nitrogens is 1. The van der Waals surface area contributed by atoms with E-state index in [1.54, 1.807) is 0 Å². The van der Waals surface area contributed by atoms with Gasteiger partial charge in [0.1, 0.15) is 4.92 Å². The molecule has 2 aromatic heterocycles. The summed E-state index contributed by atoms with van der Waals surface area (Å²) in [4.78, 5) is 34.7. The van der Waals surface area contributed by atoms with E-state index >= 15 is 0 Å². The van der Waals surface area contributed by atoms with Crippen LogP contribution in [0.3, 0.4) is 0 Å². The summed E-state index contributed by atoms with van der Waals surface area (Å²) in [5, 5.41) is 23.4. The molecule has 0 spiro atoms. The van der Waals surface area contributed by atoms with Crippen LogP contribution in [0, 0.1) is 20.2 Å². The van der Waals surface area contributed by atoms with Crippen LogP contribution >= 0.6 is 11.3 Å². The highest BCUT2D eigenvalue weighted by Crippen LogP contribution is 2.38. The van der Waals surface area contributed by atoms with Crippen molar-refractivity contribution in [3.8, 4) is 11.5 Å². The number of nitro groups is 2. The minimum Gasteiger partial charge on any atom is -0.399 e.